The highest BCUT2D eigenvalue weighted by Gasteiger charge is 2.03. The fraction of sp³-hybridized carbons (Fsp3) is 0.400. The number of rotatable bonds is 6. The molecule has 1 aromatic heterocycles. The van der Waals surface area contributed by atoms with Gasteiger partial charge in [-0.1, -0.05) is 13.0 Å². The van der Waals surface area contributed by atoms with Gasteiger partial charge in [0.25, 0.3) is 0 Å². The summed E-state index contributed by atoms with van der Waals surface area (Å²) in [4.78, 5) is 0. The topological polar surface area (TPSA) is 39.1 Å². The molecular weight excluding hydrogens is 238 g/mol. The van der Waals surface area contributed by atoms with E-state index >= 15 is 0 Å². The Morgan fingerprint density at radius 3 is 2.89 bits per heavy atom. The number of benzene rings is 1. The van der Waals surface area contributed by atoms with Gasteiger partial charge in [-0.2, -0.15) is 5.10 Å². The Kier molecular flexibility index (Phi) is 4.44. The number of hydrogen-bond acceptors (Lipinski definition) is 3. The maximum Gasteiger partial charge on any atom is 0.121 e. The predicted octanol–water partition coefficient (Wildman–Crippen LogP) is 3.21. The van der Waals surface area contributed by atoms with Gasteiger partial charge in [0.1, 0.15) is 5.75 Å². The summed E-state index contributed by atoms with van der Waals surface area (Å²) in [5.41, 5.74) is 2.20. The largest absolute Gasteiger partial charge is 0.491 e. The van der Waals surface area contributed by atoms with E-state index in [9.17, 15) is 0 Å². The number of nitrogens with one attached hydrogen (secondary N) is 1. The van der Waals surface area contributed by atoms with Gasteiger partial charge < -0.3 is 10.1 Å². The molecule has 1 atom stereocenters. The molecule has 0 aliphatic rings. The van der Waals surface area contributed by atoms with Crippen molar-refractivity contribution in [3.05, 3.63) is 42.2 Å². The second-order valence-electron chi connectivity index (χ2n) is 4.66. The molecule has 0 aliphatic heterocycles. The van der Waals surface area contributed by atoms with Crippen molar-refractivity contribution >= 4 is 5.69 Å². The van der Waals surface area contributed by atoms with Crippen molar-refractivity contribution in [2.24, 2.45) is 7.05 Å². The third-order valence-corrected chi connectivity index (χ3v) is 3.14. The highest BCUT2D eigenvalue weighted by atomic mass is 16.5. The lowest BCUT2D eigenvalue weighted by atomic mass is 10.2. The lowest BCUT2D eigenvalue weighted by Crippen LogP contribution is -2.10. The number of hydrogen-bond donors (Lipinski definition) is 1. The summed E-state index contributed by atoms with van der Waals surface area (Å²) in [6.07, 6.45) is 3.05. The Bertz CT molecular complexity index is 522. The standard InChI is InChI=1S/C15H21N3O/c1-4-12(2)19-15-7-5-6-13(10-15)16-11-14-8-9-17-18(14)3/h5-10,12,16H,4,11H2,1-3H3. The van der Waals surface area contributed by atoms with Crippen molar-refractivity contribution in [2.75, 3.05) is 5.32 Å². The zero-order valence-corrected chi connectivity index (χ0v) is 11.8. The van der Waals surface area contributed by atoms with Gasteiger partial charge in [-0.3, -0.25) is 4.68 Å². The Morgan fingerprint density at radius 2 is 2.21 bits per heavy atom. The highest BCUT2D eigenvalue weighted by Crippen LogP contribution is 2.19. The molecule has 1 heterocycles. The van der Waals surface area contributed by atoms with Crippen LogP contribution < -0.4 is 10.1 Å². The molecular formula is C15H21N3O. The molecule has 1 N–H and O–H groups in total. The minimum absolute atomic E-state index is 0.243. The van der Waals surface area contributed by atoms with E-state index in [-0.39, 0.29) is 6.10 Å². The number of nitrogens with zero attached hydrogens (tertiary/aromatic N) is 2. The smallest absolute Gasteiger partial charge is 0.121 e. The Hall–Kier alpha value is -1.97. The summed E-state index contributed by atoms with van der Waals surface area (Å²) in [5.74, 6) is 0.907. The van der Waals surface area contributed by atoms with E-state index in [0.29, 0.717) is 0 Å². The number of aryl methyl sites for hydroxylation is 1. The summed E-state index contributed by atoms with van der Waals surface area (Å²) in [7, 11) is 1.94. The predicted molar refractivity (Wildman–Crippen MR) is 77.4 cm³/mol. The van der Waals surface area contributed by atoms with Crippen LogP contribution in [0.2, 0.25) is 0 Å². The van der Waals surface area contributed by atoms with Crippen LogP contribution in [0.4, 0.5) is 5.69 Å². The van der Waals surface area contributed by atoms with E-state index in [1.807, 2.05) is 42.1 Å². The van der Waals surface area contributed by atoms with Crippen molar-refractivity contribution in [2.45, 2.75) is 32.9 Å². The van der Waals surface area contributed by atoms with Crippen LogP contribution in [0.1, 0.15) is 26.0 Å². The maximum atomic E-state index is 5.81. The third kappa shape index (κ3) is 3.74. The Morgan fingerprint density at radius 1 is 1.37 bits per heavy atom. The molecule has 102 valence electrons. The Labute approximate surface area is 114 Å². The van der Waals surface area contributed by atoms with Gasteiger partial charge in [0.2, 0.25) is 0 Å². The second kappa shape index (κ2) is 6.27. The van der Waals surface area contributed by atoms with E-state index < -0.39 is 0 Å². The lowest BCUT2D eigenvalue weighted by Gasteiger charge is -2.14. The van der Waals surface area contributed by atoms with Crippen molar-refractivity contribution in [1.29, 1.82) is 0 Å². The van der Waals surface area contributed by atoms with Gasteiger partial charge in [0, 0.05) is 25.0 Å². The van der Waals surface area contributed by atoms with Crippen molar-refractivity contribution in [1.82, 2.24) is 9.78 Å². The first-order valence-electron chi connectivity index (χ1n) is 6.66. The fourth-order valence-electron chi connectivity index (χ4n) is 1.76. The molecule has 19 heavy (non-hydrogen) atoms. The number of ether oxygens (including phenoxy) is 1. The lowest BCUT2D eigenvalue weighted by molar-refractivity contribution is 0.217. The van der Waals surface area contributed by atoms with Gasteiger partial charge in [-0.05, 0) is 31.5 Å². The van der Waals surface area contributed by atoms with E-state index in [4.69, 9.17) is 4.74 Å². The molecule has 0 bridgehead atoms. The van der Waals surface area contributed by atoms with Gasteiger partial charge in [0.05, 0.1) is 18.3 Å². The van der Waals surface area contributed by atoms with Crippen molar-refractivity contribution in [3.8, 4) is 5.75 Å². The van der Waals surface area contributed by atoms with Crippen LogP contribution in [0.3, 0.4) is 0 Å². The first-order valence-corrected chi connectivity index (χ1v) is 6.66. The normalized spacial score (nSPS) is 12.2. The maximum absolute atomic E-state index is 5.81. The molecule has 2 aromatic rings. The molecule has 1 unspecified atom stereocenters. The summed E-state index contributed by atoms with van der Waals surface area (Å²) < 4.78 is 7.67. The van der Waals surface area contributed by atoms with E-state index in [1.165, 1.54) is 0 Å². The first kappa shape index (κ1) is 13.5. The molecule has 4 heteroatoms. The average Bonchev–Trinajstić information content (AvgIpc) is 2.82. The quantitative estimate of drug-likeness (QED) is 0.865. The van der Waals surface area contributed by atoms with Crippen molar-refractivity contribution in [3.63, 3.8) is 0 Å². The second-order valence-corrected chi connectivity index (χ2v) is 4.66. The molecule has 0 fully saturated rings. The van der Waals surface area contributed by atoms with E-state index in [0.717, 1.165) is 30.1 Å². The molecule has 2 rings (SSSR count). The van der Waals surface area contributed by atoms with Gasteiger partial charge >= 0.3 is 0 Å². The average molecular weight is 259 g/mol. The first-order chi connectivity index (χ1) is 9.19. The minimum atomic E-state index is 0.243. The van der Waals surface area contributed by atoms with Crippen molar-refractivity contribution < 1.29 is 4.74 Å². The van der Waals surface area contributed by atoms with E-state index in [2.05, 4.69) is 24.3 Å². The van der Waals surface area contributed by atoms with Crippen LogP contribution >= 0.6 is 0 Å². The van der Waals surface area contributed by atoms with Gasteiger partial charge in [-0.25, -0.2) is 0 Å². The van der Waals surface area contributed by atoms with Crippen LogP contribution in [-0.4, -0.2) is 15.9 Å². The Balaban J connectivity index is 1.97. The number of anilines is 1. The van der Waals surface area contributed by atoms with Crippen LogP contribution in [0.15, 0.2) is 36.5 Å². The number of aromatic nitrogens is 2. The summed E-state index contributed by atoms with van der Waals surface area (Å²) >= 11 is 0. The molecule has 0 radical (unpaired) electrons. The fourth-order valence-corrected chi connectivity index (χ4v) is 1.76. The van der Waals surface area contributed by atoms with Crippen LogP contribution in [0, 0.1) is 0 Å². The molecule has 0 spiro atoms. The van der Waals surface area contributed by atoms with Crippen LogP contribution in [-0.2, 0) is 13.6 Å². The van der Waals surface area contributed by atoms with Gasteiger partial charge in [0.15, 0.2) is 0 Å². The summed E-state index contributed by atoms with van der Waals surface area (Å²) in [6, 6.07) is 10.1. The zero-order chi connectivity index (χ0) is 13.7. The highest BCUT2D eigenvalue weighted by molar-refractivity contribution is 5.48. The minimum Gasteiger partial charge on any atom is -0.491 e. The summed E-state index contributed by atoms with van der Waals surface area (Å²) in [6.45, 7) is 4.95. The molecule has 0 aliphatic carbocycles. The summed E-state index contributed by atoms with van der Waals surface area (Å²) in [5, 5.41) is 7.53. The van der Waals surface area contributed by atoms with Crippen LogP contribution in [0.25, 0.3) is 0 Å². The molecule has 1 aromatic carbocycles. The van der Waals surface area contributed by atoms with Crippen LogP contribution in [0.5, 0.6) is 5.75 Å². The molecule has 0 saturated heterocycles. The monoisotopic (exact) mass is 259 g/mol. The van der Waals surface area contributed by atoms with E-state index in [1.54, 1.807) is 6.20 Å². The SMILES string of the molecule is CCC(C)Oc1cccc(NCc2ccnn2C)c1. The molecule has 4 nitrogen and oxygen atoms in total. The molecule has 0 amide bonds. The third-order valence-electron chi connectivity index (χ3n) is 3.14. The zero-order valence-electron chi connectivity index (χ0n) is 11.8. The van der Waals surface area contributed by atoms with Gasteiger partial charge in [-0.15, -0.1) is 0 Å². The molecule has 0 saturated carbocycles.